The van der Waals surface area contributed by atoms with Crippen LogP contribution in [0.25, 0.3) is 11.0 Å². The second-order valence-electron chi connectivity index (χ2n) is 5.07. The van der Waals surface area contributed by atoms with Gasteiger partial charge in [-0.25, -0.2) is 15.0 Å². The van der Waals surface area contributed by atoms with Gasteiger partial charge in [-0.3, -0.25) is 20.2 Å². The molecule has 10 nitrogen and oxygen atoms in total. The van der Waals surface area contributed by atoms with Crippen molar-refractivity contribution >= 4 is 34.7 Å². The molecule has 1 aromatic carbocycles. The Kier molecular flexibility index (Phi) is 3.47. The minimum absolute atomic E-state index is 0.163. The number of anilines is 2. The van der Waals surface area contributed by atoms with Crippen molar-refractivity contribution in [3.05, 3.63) is 54.4 Å². The van der Waals surface area contributed by atoms with Crippen LogP contribution in [-0.4, -0.2) is 41.7 Å². The summed E-state index contributed by atoms with van der Waals surface area (Å²) in [7, 11) is 0. The molecule has 4 rings (SSSR count). The van der Waals surface area contributed by atoms with Gasteiger partial charge in [0.05, 0.1) is 16.6 Å². The Balaban J connectivity index is 1.62. The normalized spacial score (nSPS) is 10.7. The molecule has 3 aromatic heterocycles. The molecule has 0 bridgehead atoms. The number of para-hydroxylation sites is 1. The molecule has 0 atom stereocenters. The number of aromatic nitrogens is 6. The Morgan fingerprint density at radius 2 is 1.72 bits per heavy atom. The molecule has 0 saturated heterocycles. The van der Waals surface area contributed by atoms with Gasteiger partial charge in [-0.1, -0.05) is 6.07 Å². The van der Waals surface area contributed by atoms with Crippen LogP contribution in [0.4, 0.5) is 11.9 Å². The van der Waals surface area contributed by atoms with E-state index in [1.165, 1.54) is 12.4 Å². The highest BCUT2D eigenvalue weighted by molar-refractivity contribution is 6.11. The Morgan fingerprint density at radius 3 is 2.48 bits per heavy atom. The molecule has 3 heterocycles. The van der Waals surface area contributed by atoms with E-state index < -0.39 is 5.91 Å². The summed E-state index contributed by atoms with van der Waals surface area (Å²) in [5.41, 5.74) is 1.42. The predicted molar refractivity (Wildman–Crippen MR) is 89.2 cm³/mol. The summed E-state index contributed by atoms with van der Waals surface area (Å²) in [4.78, 5) is 45.0. The van der Waals surface area contributed by atoms with E-state index in [2.05, 4.69) is 40.5 Å². The molecule has 4 aromatic rings. The van der Waals surface area contributed by atoms with Gasteiger partial charge >= 0.3 is 0 Å². The van der Waals surface area contributed by atoms with Crippen LogP contribution in [0.5, 0.6) is 0 Å². The van der Waals surface area contributed by atoms with Gasteiger partial charge in [-0.15, -0.1) is 0 Å². The van der Waals surface area contributed by atoms with E-state index in [1.807, 2.05) is 0 Å². The summed E-state index contributed by atoms with van der Waals surface area (Å²) >= 11 is 0. The molecule has 5 N–H and O–H groups in total. The van der Waals surface area contributed by atoms with Gasteiger partial charge < -0.3 is 15.0 Å². The van der Waals surface area contributed by atoms with Gasteiger partial charge in [-0.2, -0.15) is 0 Å². The van der Waals surface area contributed by atoms with E-state index in [0.717, 1.165) is 0 Å². The zero-order valence-electron chi connectivity index (χ0n) is 12.7. The molecular formula is C15H12N8O2. The minimum atomic E-state index is -0.439. The van der Waals surface area contributed by atoms with Gasteiger partial charge in [0.25, 0.3) is 11.8 Å². The lowest BCUT2D eigenvalue weighted by atomic mass is 10.2. The highest BCUT2D eigenvalue weighted by atomic mass is 16.2. The molecule has 25 heavy (non-hydrogen) atoms. The van der Waals surface area contributed by atoms with Crippen molar-refractivity contribution in [2.24, 2.45) is 0 Å². The fourth-order valence-corrected chi connectivity index (χ4v) is 2.34. The first-order chi connectivity index (χ1) is 12.2. The molecular weight excluding hydrogens is 324 g/mol. The molecule has 124 valence electrons. The van der Waals surface area contributed by atoms with E-state index in [4.69, 9.17) is 0 Å². The standard InChI is InChI=1S/C15H12N8O2/c24-12(22-14-18-6-7-19-14)8-2-1-3-9-10(8)21-15(20-9)23-13(25)11-16-4-5-17-11/h1-7H,(H,16,17)(H2,18,19,22,24)(H2,20,21,23,25). The first-order valence-corrected chi connectivity index (χ1v) is 7.31. The number of aromatic amines is 3. The van der Waals surface area contributed by atoms with Gasteiger partial charge in [0.2, 0.25) is 11.9 Å². The van der Waals surface area contributed by atoms with E-state index >= 15 is 0 Å². The molecule has 0 radical (unpaired) electrons. The third kappa shape index (κ3) is 2.83. The average molecular weight is 336 g/mol. The van der Waals surface area contributed by atoms with Gasteiger partial charge in [0.1, 0.15) is 0 Å². The van der Waals surface area contributed by atoms with E-state index in [-0.39, 0.29) is 17.7 Å². The van der Waals surface area contributed by atoms with E-state index in [9.17, 15) is 9.59 Å². The Morgan fingerprint density at radius 1 is 0.920 bits per heavy atom. The number of carbonyl (C=O) groups excluding carboxylic acids is 2. The van der Waals surface area contributed by atoms with Crippen LogP contribution >= 0.6 is 0 Å². The third-order valence-corrected chi connectivity index (χ3v) is 3.44. The number of rotatable bonds is 4. The zero-order chi connectivity index (χ0) is 17.2. The summed E-state index contributed by atoms with van der Waals surface area (Å²) in [5.74, 6) is -0.0718. The summed E-state index contributed by atoms with van der Waals surface area (Å²) < 4.78 is 0. The molecule has 0 fully saturated rings. The molecule has 0 aliphatic rings. The highest BCUT2D eigenvalue weighted by Gasteiger charge is 2.16. The van der Waals surface area contributed by atoms with Crippen molar-refractivity contribution in [3.8, 4) is 0 Å². The second-order valence-corrected chi connectivity index (χ2v) is 5.07. The predicted octanol–water partition coefficient (Wildman–Crippen LogP) is 1.51. The SMILES string of the molecule is O=C(Nc1nc2cccc(C(=O)Nc3ncc[nH]3)c2[nH]1)c1ncc[nH]1. The molecule has 0 unspecified atom stereocenters. The molecule has 2 amide bonds. The maximum absolute atomic E-state index is 12.4. The van der Waals surface area contributed by atoms with Crippen LogP contribution < -0.4 is 10.6 Å². The minimum Gasteiger partial charge on any atom is -0.341 e. The lowest BCUT2D eigenvalue weighted by Gasteiger charge is -2.02. The number of nitrogens with zero attached hydrogens (tertiary/aromatic N) is 3. The number of nitrogens with one attached hydrogen (secondary N) is 5. The maximum Gasteiger partial charge on any atom is 0.293 e. The van der Waals surface area contributed by atoms with Gasteiger partial charge in [0, 0.05) is 24.8 Å². The van der Waals surface area contributed by atoms with Crippen molar-refractivity contribution in [1.82, 2.24) is 29.9 Å². The van der Waals surface area contributed by atoms with Crippen molar-refractivity contribution in [3.63, 3.8) is 0 Å². The number of fused-ring (bicyclic) bond motifs is 1. The van der Waals surface area contributed by atoms with Crippen LogP contribution in [0.2, 0.25) is 0 Å². The number of H-pyrrole nitrogens is 3. The second kappa shape index (κ2) is 5.92. The number of imidazole rings is 3. The number of amides is 2. The zero-order valence-corrected chi connectivity index (χ0v) is 12.7. The lowest BCUT2D eigenvalue weighted by Crippen LogP contribution is -2.14. The summed E-state index contributed by atoms with van der Waals surface area (Å²) in [6.07, 6.45) is 6.17. The van der Waals surface area contributed by atoms with Crippen LogP contribution in [-0.2, 0) is 0 Å². The van der Waals surface area contributed by atoms with E-state index in [1.54, 1.807) is 30.6 Å². The largest absolute Gasteiger partial charge is 0.341 e. The van der Waals surface area contributed by atoms with Crippen molar-refractivity contribution in [2.45, 2.75) is 0 Å². The lowest BCUT2D eigenvalue weighted by molar-refractivity contribution is 0.101. The monoisotopic (exact) mass is 336 g/mol. The molecule has 0 aliphatic carbocycles. The van der Waals surface area contributed by atoms with Crippen LogP contribution in [0, 0.1) is 0 Å². The average Bonchev–Trinajstić information content (AvgIpc) is 3.35. The smallest absolute Gasteiger partial charge is 0.293 e. The summed E-state index contributed by atoms with van der Waals surface area (Å²) in [6.45, 7) is 0. The van der Waals surface area contributed by atoms with Crippen molar-refractivity contribution in [1.29, 1.82) is 0 Å². The van der Waals surface area contributed by atoms with Crippen LogP contribution in [0.1, 0.15) is 21.0 Å². The van der Waals surface area contributed by atoms with Crippen LogP contribution in [0.3, 0.4) is 0 Å². The first-order valence-electron chi connectivity index (χ1n) is 7.31. The van der Waals surface area contributed by atoms with Crippen molar-refractivity contribution in [2.75, 3.05) is 10.6 Å². The molecule has 10 heteroatoms. The van der Waals surface area contributed by atoms with Gasteiger partial charge in [-0.05, 0) is 12.1 Å². The topological polar surface area (TPSA) is 144 Å². The number of carbonyl (C=O) groups is 2. The number of hydrogen-bond acceptors (Lipinski definition) is 5. The Hall–Kier alpha value is -3.95. The number of hydrogen-bond donors (Lipinski definition) is 5. The van der Waals surface area contributed by atoms with Crippen molar-refractivity contribution < 1.29 is 9.59 Å². The Labute approximate surface area is 140 Å². The van der Waals surface area contributed by atoms with Crippen LogP contribution in [0.15, 0.2) is 43.0 Å². The van der Waals surface area contributed by atoms with E-state index in [0.29, 0.717) is 22.5 Å². The fourth-order valence-electron chi connectivity index (χ4n) is 2.34. The summed E-state index contributed by atoms with van der Waals surface area (Å²) in [6, 6.07) is 5.09. The van der Waals surface area contributed by atoms with Gasteiger partial charge in [0.15, 0.2) is 5.82 Å². The Bertz CT molecular complexity index is 1030. The molecule has 0 saturated carbocycles. The maximum atomic E-state index is 12.4. The molecule has 0 spiro atoms. The third-order valence-electron chi connectivity index (χ3n) is 3.44. The first kappa shape index (κ1) is 14.6. The quantitative estimate of drug-likeness (QED) is 0.384. The molecule has 0 aliphatic heterocycles. The highest BCUT2D eigenvalue weighted by Crippen LogP contribution is 2.19. The summed E-state index contributed by atoms with van der Waals surface area (Å²) in [5, 5.41) is 5.24. The number of benzene rings is 1. The fraction of sp³-hybridized carbons (Fsp3) is 0.